The molecule has 2 rings (SSSR count). The van der Waals surface area contributed by atoms with Crippen molar-refractivity contribution in [3.8, 4) is 5.75 Å². The molecule has 0 aromatic heterocycles. The fraction of sp³-hybridized carbons (Fsp3) is 0.200. The second-order valence-corrected chi connectivity index (χ2v) is 4.42. The molecule has 0 bridgehead atoms. The van der Waals surface area contributed by atoms with Crippen molar-refractivity contribution < 1.29 is 17.9 Å². The molecular weight excluding hydrogens is 267 g/mol. The Morgan fingerprint density at radius 3 is 2.35 bits per heavy atom. The lowest BCUT2D eigenvalue weighted by atomic mass is 10.00. The smallest absolute Gasteiger partial charge is 0.406 e. The van der Waals surface area contributed by atoms with Gasteiger partial charge >= 0.3 is 6.36 Å². The molecule has 5 heteroatoms. The first-order valence-corrected chi connectivity index (χ1v) is 6.09. The third-order valence-electron chi connectivity index (χ3n) is 2.82. The maximum absolute atomic E-state index is 12.2. The zero-order valence-electron chi connectivity index (χ0n) is 10.6. The van der Waals surface area contributed by atoms with E-state index in [9.17, 15) is 13.2 Å². The Balaban J connectivity index is 2.10. The zero-order chi connectivity index (χ0) is 14.6. The summed E-state index contributed by atoms with van der Waals surface area (Å²) in [6.07, 6.45) is -4.14. The maximum Gasteiger partial charge on any atom is 0.573 e. The molecule has 0 amide bonds. The van der Waals surface area contributed by atoms with Gasteiger partial charge in [-0.05, 0) is 29.7 Å². The number of benzene rings is 2. The number of hydrogen-bond acceptors (Lipinski definition) is 2. The summed E-state index contributed by atoms with van der Waals surface area (Å²) in [5.41, 5.74) is 7.66. The van der Waals surface area contributed by atoms with Gasteiger partial charge in [-0.1, -0.05) is 42.5 Å². The summed E-state index contributed by atoms with van der Waals surface area (Å²) in [5.74, 6) is -0.251. The number of alkyl halides is 3. The van der Waals surface area contributed by atoms with E-state index in [1.165, 1.54) is 18.2 Å². The summed E-state index contributed by atoms with van der Waals surface area (Å²) in [6.45, 7) is 0. The van der Waals surface area contributed by atoms with Crippen LogP contribution in [-0.4, -0.2) is 6.36 Å². The quantitative estimate of drug-likeness (QED) is 0.924. The highest BCUT2D eigenvalue weighted by molar-refractivity contribution is 5.31. The average Bonchev–Trinajstić information content (AvgIpc) is 2.38. The predicted octanol–water partition coefficient (Wildman–Crippen LogP) is 3.83. The molecule has 2 N–H and O–H groups in total. The minimum absolute atomic E-state index is 0.251. The normalized spacial score (nSPS) is 13.0. The lowest BCUT2D eigenvalue weighted by Crippen LogP contribution is -2.18. The molecule has 0 radical (unpaired) electrons. The molecule has 2 aromatic rings. The maximum atomic E-state index is 12.2. The van der Waals surface area contributed by atoms with E-state index in [0.29, 0.717) is 12.0 Å². The van der Waals surface area contributed by atoms with Crippen LogP contribution in [0.25, 0.3) is 0 Å². The molecule has 20 heavy (non-hydrogen) atoms. The molecule has 0 aliphatic heterocycles. The van der Waals surface area contributed by atoms with Crippen molar-refractivity contribution in [2.45, 2.75) is 18.8 Å². The summed E-state index contributed by atoms with van der Waals surface area (Å²) in [5, 5.41) is 0. The minimum atomic E-state index is -4.69. The molecule has 2 aromatic carbocycles. The Labute approximate surface area is 115 Å². The van der Waals surface area contributed by atoms with E-state index in [-0.39, 0.29) is 11.8 Å². The van der Waals surface area contributed by atoms with Crippen molar-refractivity contribution in [2.75, 3.05) is 0 Å². The molecule has 0 saturated carbocycles. The second-order valence-electron chi connectivity index (χ2n) is 4.42. The number of rotatable bonds is 4. The molecule has 106 valence electrons. The molecule has 0 heterocycles. The molecule has 2 nitrogen and oxygen atoms in total. The third kappa shape index (κ3) is 4.28. The van der Waals surface area contributed by atoms with Crippen molar-refractivity contribution in [3.05, 3.63) is 65.7 Å². The standard InChI is InChI=1S/C15H14F3NO/c16-15(17,18)20-13-8-4-7-12(10-13)14(19)9-11-5-2-1-3-6-11/h1-8,10,14H,9,19H2. The van der Waals surface area contributed by atoms with Gasteiger partial charge in [-0.15, -0.1) is 13.2 Å². The summed E-state index contributed by atoms with van der Waals surface area (Å²) in [7, 11) is 0. The number of hydrogen-bond donors (Lipinski definition) is 1. The molecule has 1 unspecified atom stereocenters. The predicted molar refractivity (Wildman–Crippen MR) is 70.2 cm³/mol. The van der Waals surface area contributed by atoms with Crippen molar-refractivity contribution >= 4 is 0 Å². The van der Waals surface area contributed by atoms with Crippen LogP contribution in [0.5, 0.6) is 5.75 Å². The lowest BCUT2D eigenvalue weighted by molar-refractivity contribution is -0.274. The molecule has 0 aliphatic rings. The molecule has 0 aliphatic carbocycles. The van der Waals surface area contributed by atoms with Crippen LogP contribution >= 0.6 is 0 Å². The van der Waals surface area contributed by atoms with Gasteiger partial charge in [0.2, 0.25) is 0 Å². The molecule has 0 saturated heterocycles. The van der Waals surface area contributed by atoms with Gasteiger partial charge in [-0.3, -0.25) is 0 Å². The molecule has 0 fully saturated rings. The van der Waals surface area contributed by atoms with Gasteiger partial charge in [0.1, 0.15) is 5.75 Å². The largest absolute Gasteiger partial charge is 0.573 e. The van der Waals surface area contributed by atoms with Crippen LogP contribution in [0.2, 0.25) is 0 Å². The van der Waals surface area contributed by atoms with Crippen molar-refractivity contribution in [1.82, 2.24) is 0 Å². The summed E-state index contributed by atoms with van der Waals surface area (Å²) in [4.78, 5) is 0. The minimum Gasteiger partial charge on any atom is -0.406 e. The van der Waals surface area contributed by atoms with E-state index in [0.717, 1.165) is 5.56 Å². The zero-order valence-corrected chi connectivity index (χ0v) is 10.6. The summed E-state index contributed by atoms with van der Waals surface area (Å²) >= 11 is 0. The Morgan fingerprint density at radius 2 is 1.70 bits per heavy atom. The number of ether oxygens (including phenoxy) is 1. The topological polar surface area (TPSA) is 35.2 Å². The van der Waals surface area contributed by atoms with Crippen LogP contribution in [0, 0.1) is 0 Å². The lowest BCUT2D eigenvalue weighted by Gasteiger charge is -2.14. The Bertz CT molecular complexity index is 555. The Hall–Kier alpha value is -2.01. The van der Waals surface area contributed by atoms with E-state index < -0.39 is 6.36 Å². The van der Waals surface area contributed by atoms with Gasteiger partial charge < -0.3 is 10.5 Å². The Kier molecular flexibility index (Phi) is 4.29. The SMILES string of the molecule is NC(Cc1ccccc1)c1cccc(OC(F)(F)F)c1. The second kappa shape index (κ2) is 5.96. The average molecular weight is 281 g/mol. The van der Waals surface area contributed by atoms with Crippen LogP contribution in [0.3, 0.4) is 0 Å². The van der Waals surface area contributed by atoms with Gasteiger partial charge in [0, 0.05) is 6.04 Å². The van der Waals surface area contributed by atoms with Gasteiger partial charge in [0.05, 0.1) is 0 Å². The molecule has 1 atom stereocenters. The van der Waals surface area contributed by atoms with Gasteiger partial charge in [0.25, 0.3) is 0 Å². The fourth-order valence-corrected chi connectivity index (χ4v) is 1.93. The first-order chi connectivity index (χ1) is 9.44. The van der Waals surface area contributed by atoms with Crippen LogP contribution in [0.4, 0.5) is 13.2 Å². The summed E-state index contributed by atoms with van der Waals surface area (Å²) in [6, 6.07) is 14.9. The van der Waals surface area contributed by atoms with Crippen LogP contribution < -0.4 is 10.5 Å². The van der Waals surface area contributed by atoms with E-state index in [4.69, 9.17) is 5.73 Å². The van der Waals surface area contributed by atoms with Crippen molar-refractivity contribution in [2.24, 2.45) is 5.73 Å². The van der Waals surface area contributed by atoms with Gasteiger partial charge in [-0.2, -0.15) is 0 Å². The van der Waals surface area contributed by atoms with Gasteiger partial charge in [-0.25, -0.2) is 0 Å². The highest BCUT2D eigenvalue weighted by Gasteiger charge is 2.31. The molecular formula is C15H14F3NO. The third-order valence-corrected chi connectivity index (χ3v) is 2.82. The number of nitrogens with two attached hydrogens (primary N) is 1. The highest BCUT2D eigenvalue weighted by Crippen LogP contribution is 2.26. The first-order valence-electron chi connectivity index (χ1n) is 6.09. The number of halogens is 3. The molecule has 0 spiro atoms. The van der Waals surface area contributed by atoms with Crippen molar-refractivity contribution in [1.29, 1.82) is 0 Å². The van der Waals surface area contributed by atoms with E-state index in [1.807, 2.05) is 30.3 Å². The van der Waals surface area contributed by atoms with Crippen molar-refractivity contribution in [3.63, 3.8) is 0 Å². The fourth-order valence-electron chi connectivity index (χ4n) is 1.93. The monoisotopic (exact) mass is 281 g/mol. The van der Waals surface area contributed by atoms with E-state index >= 15 is 0 Å². The first kappa shape index (κ1) is 14.4. The van der Waals surface area contributed by atoms with E-state index in [2.05, 4.69) is 4.74 Å². The van der Waals surface area contributed by atoms with E-state index in [1.54, 1.807) is 6.07 Å². The van der Waals surface area contributed by atoms with Crippen LogP contribution in [0.15, 0.2) is 54.6 Å². The van der Waals surface area contributed by atoms with Crippen LogP contribution in [0.1, 0.15) is 17.2 Å². The van der Waals surface area contributed by atoms with Crippen LogP contribution in [-0.2, 0) is 6.42 Å². The Morgan fingerprint density at radius 1 is 1.00 bits per heavy atom. The highest BCUT2D eigenvalue weighted by atomic mass is 19.4. The summed E-state index contributed by atoms with van der Waals surface area (Å²) < 4.78 is 40.4. The van der Waals surface area contributed by atoms with Gasteiger partial charge in [0.15, 0.2) is 0 Å².